The van der Waals surface area contributed by atoms with Crippen molar-refractivity contribution >= 4 is 21.7 Å². The van der Waals surface area contributed by atoms with E-state index in [4.69, 9.17) is 15.2 Å². The maximum atomic E-state index is 13.2. The van der Waals surface area contributed by atoms with Gasteiger partial charge in [0.1, 0.15) is 23.1 Å². The Bertz CT molecular complexity index is 1480. The van der Waals surface area contributed by atoms with Crippen molar-refractivity contribution in [3.63, 3.8) is 0 Å². The number of nitrogens with one attached hydrogen (secondary N) is 1. The Balaban J connectivity index is 1.82. The van der Waals surface area contributed by atoms with Gasteiger partial charge in [0.2, 0.25) is 5.88 Å². The van der Waals surface area contributed by atoms with Crippen LogP contribution in [0.2, 0.25) is 0 Å². The van der Waals surface area contributed by atoms with Crippen LogP contribution in [-0.2, 0) is 0 Å². The monoisotopic (exact) mass is 409 g/mol. The van der Waals surface area contributed by atoms with Gasteiger partial charge in [-0.15, -0.1) is 0 Å². The van der Waals surface area contributed by atoms with Gasteiger partial charge in [0.15, 0.2) is 0 Å². The number of aromatic amines is 1. The second kappa shape index (κ2) is 7.22. The summed E-state index contributed by atoms with van der Waals surface area (Å²) in [5.41, 5.74) is 7.93. The molecule has 0 bridgehead atoms. The molecule has 1 aliphatic rings. The number of ether oxygens (including phenoxy) is 2. The molecule has 0 aliphatic carbocycles. The molecule has 6 nitrogen and oxygen atoms in total. The molecule has 2 heterocycles. The first kappa shape index (κ1) is 18.8. The summed E-state index contributed by atoms with van der Waals surface area (Å²) in [5, 5.41) is 12.6. The Hall–Kier alpha value is -4.24. The largest absolute Gasteiger partial charge is 0.494 e. The van der Waals surface area contributed by atoms with E-state index in [-0.39, 0.29) is 17.0 Å². The lowest BCUT2D eigenvalue weighted by atomic mass is 9.81. The summed E-state index contributed by atoms with van der Waals surface area (Å²) in [4.78, 5) is 16.1. The maximum Gasteiger partial charge on any atom is 0.252 e. The minimum absolute atomic E-state index is 0.0119. The lowest BCUT2D eigenvalue weighted by Gasteiger charge is -2.27. The molecule has 0 spiro atoms. The number of fused-ring (bicyclic) bond motifs is 4. The lowest BCUT2D eigenvalue weighted by molar-refractivity contribution is 0.340. The molecular weight excluding hydrogens is 390 g/mol. The van der Waals surface area contributed by atoms with Gasteiger partial charge >= 0.3 is 0 Å². The van der Waals surface area contributed by atoms with E-state index in [1.54, 1.807) is 0 Å². The summed E-state index contributed by atoms with van der Waals surface area (Å²) in [6.07, 6.45) is 0. The van der Waals surface area contributed by atoms with Crippen molar-refractivity contribution < 1.29 is 9.47 Å². The van der Waals surface area contributed by atoms with E-state index in [2.05, 4.69) is 11.1 Å². The Kier molecular flexibility index (Phi) is 4.37. The summed E-state index contributed by atoms with van der Waals surface area (Å²) in [6, 6.07) is 21.1. The number of H-pyrrole nitrogens is 1. The van der Waals surface area contributed by atoms with Crippen LogP contribution in [0.15, 0.2) is 76.9 Å². The topological polar surface area (TPSA) is 101 Å². The Morgan fingerprint density at radius 1 is 1.13 bits per heavy atom. The first-order valence-corrected chi connectivity index (χ1v) is 9.99. The molecule has 1 atom stereocenters. The number of allylic oxidation sites excluding steroid dienone is 1. The number of hydrogen-bond acceptors (Lipinski definition) is 5. The van der Waals surface area contributed by atoms with Gasteiger partial charge in [0, 0.05) is 22.0 Å². The fraction of sp³-hybridized carbons (Fsp3) is 0.120. The molecule has 3 aromatic carbocycles. The zero-order chi connectivity index (χ0) is 21.5. The molecule has 0 saturated carbocycles. The Morgan fingerprint density at radius 3 is 2.77 bits per heavy atom. The molecule has 1 aromatic heterocycles. The van der Waals surface area contributed by atoms with Crippen LogP contribution in [0.3, 0.4) is 0 Å². The molecule has 31 heavy (non-hydrogen) atoms. The quantitative estimate of drug-likeness (QED) is 0.525. The molecule has 4 aromatic rings. The van der Waals surface area contributed by atoms with Gasteiger partial charge in [-0.3, -0.25) is 4.79 Å². The highest BCUT2D eigenvalue weighted by Gasteiger charge is 2.34. The summed E-state index contributed by atoms with van der Waals surface area (Å²) in [5.74, 6) is 0.616. The molecule has 0 unspecified atom stereocenters. The summed E-state index contributed by atoms with van der Waals surface area (Å²) in [7, 11) is 0. The van der Waals surface area contributed by atoms with Gasteiger partial charge < -0.3 is 20.2 Å². The molecule has 5 rings (SSSR count). The summed E-state index contributed by atoms with van der Waals surface area (Å²) < 4.78 is 11.4. The van der Waals surface area contributed by atoms with E-state index in [9.17, 15) is 10.1 Å². The first-order chi connectivity index (χ1) is 15.1. The van der Waals surface area contributed by atoms with Crippen LogP contribution in [0.4, 0.5) is 0 Å². The van der Waals surface area contributed by atoms with Gasteiger partial charge in [-0.2, -0.15) is 5.26 Å². The fourth-order valence-corrected chi connectivity index (χ4v) is 4.23. The number of pyridine rings is 1. The minimum atomic E-state index is -0.649. The number of aromatic nitrogens is 1. The number of hydrogen-bond donors (Lipinski definition) is 2. The van der Waals surface area contributed by atoms with Crippen molar-refractivity contribution in [1.29, 1.82) is 5.26 Å². The van der Waals surface area contributed by atoms with E-state index in [0.717, 1.165) is 21.7 Å². The smallest absolute Gasteiger partial charge is 0.252 e. The van der Waals surface area contributed by atoms with Crippen LogP contribution in [0.25, 0.3) is 21.7 Å². The average molecular weight is 409 g/mol. The standard InChI is InChI=1S/C25H19N3O3/c1-2-30-16-8-9-20-15(11-16)12-18(25(29)28-20)22-19(13-26)24(27)31-21-10-7-14-5-3-4-6-17(14)23(21)22/h3-12,22H,2,27H2,1H3,(H,28,29)/t22-/m0/s1. The second-order valence-corrected chi connectivity index (χ2v) is 7.36. The third-order valence-electron chi connectivity index (χ3n) is 5.58. The number of nitrogens with two attached hydrogens (primary N) is 1. The molecule has 152 valence electrons. The summed E-state index contributed by atoms with van der Waals surface area (Å²) >= 11 is 0. The van der Waals surface area contributed by atoms with Gasteiger partial charge in [0.25, 0.3) is 5.56 Å². The van der Waals surface area contributed by atoms with Crippen LogP contribution < -0.4 is 20.8 Å². The van der Waals surface area contributed by atoms with Gasteiger partial charge in [-0.25, -0.2) is 0 Å². The highest BCUT2D eigenvalue weighted by atomic mass is 16.5. The van der Waals surface area contributed by atoms with Crippen LogP contribution in [-0.4, -0.2) is 11.6 Å². The van der Waals surface area contributed by atoms with Crippen molar-refractivity contribution in [2.45, 2.75) is 12.8 Å². The molecule has 6 heteroatoms. The first-order valence-electron chi connectivity index (χ1n) is 9.99. The van der Waals surface area contributed by atoms with E-state index in [0.29, 0.717) is 29.2 Å². The zero-order valence-electron chi connectivity index (χ0n) is 16.8. The van der Waals surface area contributed by atoms with Crippen LogP contribution in [0, 0.1) is 11.3 Å². The van der Waals surface area contributed by atoms with E-state index in [1.165, 1.54) is 0 Å². The third kappa shape index (κ3) is 2.99. The molecule has 0 amide bonds. The minimum Gasteiger partial charge on any atom is -0.494 e. The number of nitriles is 1. The predicted octanol–water partition coefficient (Wildman–Crippen LogP) is 4.30. The van der Waals surface area contributed by atoms with Gasteiger partial charge in [-0.1, -0.05) is 30.3 Å². The molecule has 0 saturated heterocycles. The van der Waals surface area contributed by atoms with E-state index >= 15 is 0 Å². The highest BCUT2D eigenvalue weighted by molar-refractivity contribution is 5.90. The maximum absolute atomic E-state index is 13.2. The second-order valence-electron chi connectivity index (χ2n) is 7.36. The number of nitrogens with zero attached hydrogens (tertiary/aromatic N) is 1. The molecule has 0 fully saturated rings. The van der Waals surface area contributed by atoms with Crippen molar-refractivity contribution in [2.75, 3.05) is 6.61 Å². The normalized spacial score (nSPS) is 15.4. The van der Waals surface area contributed by atoms with Crippen molar-refractivity contribution in [3.8, 4) is 17.6 Å². The molecule has 1 aliphatic heterocycles. The highest BCUT2D eigenvalue weighted by Crippen LogP contribution is 2.45. The average Bonchev–Trinajstić information content (AvgIpc) is 2.78. The van der Waals surface area contributed by atoms with E-state index < -0.39 is 5.92 Å². The summed E-state index contributed by atoms with van der Waals surface area (Å²) in [6.45, 7) is 2.46. The third-order valence-corrected chi connectivity index (χ3v) is 5.58. The zero-order valence-corrected chi connectivity index (χ0v) is 16.8. The van der Waals surface area contributed by atoms with Crippen LogP contribution in [0.5, 0.6) is 11.5 Å². The Morgan fingerprint density at radius 2 is 1.97 bits per heavy atom. The number of benzene rings is 3. The van der Waals surface area contributed by atoms with E-state index in [1.807, 2.05) is 67.6 Å². The fourth-order valence-electron chi connectivity index (χ4n) is 4.23. The van der Waals surface area contributed by atoms with Crippen LogP contribution in [0.1, 0.15) is 24.0 Å². The number of rotatable bonds is 3. The van der Waals surface area contributed by atoms with Gasteiger partial charge in [-0.05, 0) is 48.0 Å². The lowest BCUT2D eigenvalue weighted by Crippen LogP contribution is -2.25. The van der Waals surface area contributed by atoms with Crippen molar-refractivity contribution in [1.82, 2.24) is 4.98 Å². The molecule has 0 radical (unpaired) electrons. The van der Waals surface area contributed by atoms with Crippen molar-refractivity contribution in [2.24, 2.45) is 5.73 Å². The van der Waals surface area contributed by atoms with Gasteiger partial charge in [0.05, 0.1) is 12.5 Å². The SMILES string of the molecule is CCOc1ccc2[nH]c(=O)c([C@H]3C(C#N)=C(N)Oc4ccc5ccccc5c43)cc2c1. The predicted molar refractivity (Wildman–Crippen MR) is 119 cm³/mol. The molecule has 3 N–H and O–H groups in total. The van der Waals surface area contributed by atoms with Crippen LogP contribution >= 0.6 is 0 Å². The van der Waals surface area contributed by atoms with Crippen molar-refractivity contribution in [3.05, 3.63) is 93.6 Å². The molecular formula is C25H19N3O3. The Labute approximate surface area is 178 Å².